The van der Waals surface area contributed by atoms with E-state index in [-0.39, 0.29) is 17.3 Å². The summed E-state index contributed by atoms with van der Waals surface area (Å²) >= 11 is 0. The van der Waals surface area contributed by atoms with Crippen LogP contribution in [0.5, 0.6) is 0 Å². The maximum atomic E-state index is 13.1. The first-order valence-electron chi connectivity index (χ1n) is 11.1. The van der Waals surface area contributed by atoms with Crippen LogP contribution in [0.1, 0.15) is 32.2 Å². The molecule has 2 aromatic heterocycles. The van der Waals surface area contributed by atoms with E-state index in [4.69, 9.17) is 14.9 Å². The molecule has 0 radical (unpaired) electrons. The lowest BCUT2D eigenvalue weighted by Gasteiger charge is -2.28. The van der Waals surface area contributed by atoms with Gasteiger partial charge in [0.15, 0.2) is 11.2 Å². The molecule has 2 aliphatic rings. The number of carboxylic acids is 1. The number of allylic oxidation sites excluding steroid dienone is 2. The lowest BCUT2D eigenvalue weighted by atomic mass is 10.0. The van der Waals surface area contributed by atoms with E-state index in [9.17, 15) is 22.8 Å². The number of alkyl halides is 3. The molecule has 0 spiro atoms. The van der Waals surface area contributed by atoms with Gasteiger partial charge in [-0.1, -0.05) is 18.1 Å². The zero-order chi connectivity index (χ0) is 25.8. The van der Waals surface area contributed by atoms with Gasteiger partial charge in [0.1, 0.15) is 0 Å². The lowest BCUT2D eigenvalue weighted by Crippen LogP contribution is -2.44. The summed E-state index contributed by atoms with van der Waals surface area (Å²) < 4.78 is 36.6. The molecule has 1 atom stereocenters. The minimum absolute atomic E-state index is 0.0169. The summed E-state index contributed by atoms with van der Waals surface area (Å²) in [5.41, 5.74) is 0.345. The Kier molecular flexibility index (Phi) is 8.06. The molecule has 13 heteroatoms. The standard InChI is InChI=1S/C20H26N6O2.C2HF3O2/c1-3-4-12-25-16-17(22-19(25)24-13-10-21-11-14-24)26(15-8-6-5-7-9-15)20(28)23(2)18(16)27;3-2(4,5)1(6)7/h5-6,15,21H,7-14H2,1-2H3;(H,6,7). The van der Waals surface area contributed by atoms with E-state index in [2.05, 4.69) is 34.2 Å². The molecule has 1 fully saturated rings. The maximum absolute atomic E-state index is 13.1. The van der Waals surface area contributed by atoms with E-state index in [1.807, 2.05) is 4.57 Å². The number of piperazine rings is 1. The molecule has 1 aliphatic carbocycles. The van der Waals surface area contributed by atoms with Crippen molar-refractivity contribution in [2.24, 2.45) is 7.05 Å². The van der Waals surface area contributed by atoms with Crippen molar-refractivity contribution in [2.45, 2.75) is 44.9 Å². The Morgan fingerprint density at radius 2 is 1.91 bits per heavy atom. The van der Waals surface area contributed by atoms with Gasteiger partial charge in [-0.15, -0.1) is 5.92 Å². The van der Waals surface area contributed by atoms with Crippen LogP contribution in [0.2, 0.25) is 0 Å². The number of hydrogen-bond donors (Lipinski definition) is 2. The van der Waals surface area contributed by atoms with Gasteiger partial charge < -0.3 is 15.3 Å². The van der Waals surface area contributed by atoms with Crippen molar-refractivity contribution in [3.63, 3.8) is 0 Å². The smallest absolute Gasteiger partial charge is 0.475 e. The SMILES string of the molecule is CC#CCn1c(N2CCNCC2)nc2c1c(=O)n(C)c(=O)n2C1CC=CCC1.O=C(O)C(F)(F)F. The van der Waals surface area contributed by atoms with Crippen molar-refractivity contribution in [2.75, 3.05) is 31.1 Å². The fraction of sp³-hybridized carbons (Fsp3) is 0.545. The monoisotopic (exact) mass is 496 g/mol. The second-order valence-electron chi connectivity index (χ2n) is 8.09. The highest BCUT2D eigenvalue weighted by molar-refractivity contribution is 5.75. The molecule has 0 aromatic carbocycles. The molecule has 2 aromatic rings. The highest BCUT2D eigenvalue weighted by Gasteiger charge is 2.38. The molecule has 0 saturated carbocycles. The molecule has 10 nitrogen and oxygen atoms in total. The van der Waals surface area contributed by atoms with Gasteiger partial charge in [0, 0.05) is 39.3 Å². The van der Waals surface area contributed by atoms with Crippen molar-refractivity contribution in [1.82, 2.24) is 24.0 Å². The Morgan fingerprint density at radius 1 is 1.26 bits per heavy atom. The zero-order valence-corrected chi connectivity index (χ0v) is 19.4. The van der Waals surface area contributed by atoms with Crippen molar-refractivity contribution >= 4 is 23.1 Å². The molecule has 190 valence electrons. The number of fused-ring (bicyclic) bond motifs is 1. The zero-order valence-electron chi connectivity index (χ0n) is 19.4. The normalized spacial score (nSPS) is 18.0. The number of nitrogens with one attached hydrogen (secondary N) is 1. The summed E-state index contributed by atoms with van der Waals surface area (Å²) in [6.45, 7) is 5.50. The molecule has 0 bridgehead atoms. The molecule has 1 saturated heterocycles. The van der Waals surface area contributed by atoms with Gasteiger partial charge in [-0.2, -0.15) is 18.2 Å². The minimum Gasteiger partial charge on any atom is -0.475 e. The molecule has 35 heavy (non-hydrogen) atoms. The van der Waals surface area contributed by atoms with E-state index in [0.29, 0.717) is 17.7 Å². The summed E-state index contributed by atoms with van der Waals surface area (Å²) in [6, 6.07) is 0.0169. The number of carbonyl (C=O) groups is 1. The largest absolute Gasteiger partial charge is 0.490 e. The molecule has 1 unspecified atom stereocenters. The second-order valence-corrected chi connectivity index (χ2v) is 8.09. The first kappa shape index (κ1) is 26.1. The Labute approximate surface area is 198 Å². The van der Waals surface area contributed by atoms with Crippen LogP contribution in [0.15, 0.2) is 21.7 Å². The Hall–Kier alpha value is -3.53. The van der Waals surface area contributed by atoms with Crippen LogP contribution >= 0.6 is 0 Å². The van der Waals surface area contributed by atoms with Crippen LogP contribution in [-0.2, 0) is 18.4 Å². The van der Waals surface area contributed by atoms with Crippen LogP contribution in [0.3, 0.4) is 0 Å². The summed E-state index contributed by atoms with van der Waals surface area (Å²) in [4.78, 5) is 42.0. The van der Waals surface area contributed by atoms with Crippen LogP contribution in [0.25, 0.3) is 11.2 Å². The fourth-order valence-corrected chi connectivity index (χ4v) is 4.06. The predicted octanol–water partition coefficient (Wildman–Crippen LogP) is 1.24. The summed E-state index contributed by atoms with van der Waals surface area (Å²) in [7, 11) is 1.55. The van der Waals surface area contributed by atoms with Gasteiger partial charge in [0.05, 0.1) is 6.54 Å². The first-order chi connectivity index (χ1) is 16.6. The van der Waals surface area contributed by atoms with Crippen LogP contribution in [0, 0.1) is 11.8 Å². The topological polar surface area (TPSA) is 114 Å². The Morgan fingerprint density at radius 3 is 2.46 bits per heavy atom. The third kappa shape index (κ3) is 5.59. The number of aromatic nitrogens is 4. The maximum Gasteiger partial charge on any atom is 0.490 e. The van der Waals surface area contributed by atoms with Gasteiger partial charge in [-0.25, -0.2) is 9.59 Å². The van der Waals surface area contributed by atoms with Crippen LogP contribution in [-0.4, -0.2) is 62.1 Å². The third-order valence-corrected chi connectivity index (χ3v) is 5.82. The molecular weight excluding hydrogens is 469 g/mol. The average Bonchev–Trinajstić information content (AvgIpc) is 3.21. The molecular formula is C22H27F3N6O4. The highest BCUT2D eigenvalue weighted by Crippen LogP contribution is 2.27. The third-order valence-electron chi connectivity index (χ3n) is 5.82. The molecule has 0 amide bonds. The number of halogens is 3. The Balaban J connectivity index is 0.000000429. The first-order valence-corrected chi connectivity index (χ1v) is 11.1. The van der Waals surface area contributed by atoms with E-state index < -0.39 is 12.1 Å². The second kappa shape index (κ2) is 10.8. The van der Waals surface area contributed by atoms with E-state index in [0.717, 1.165) is 51.4 Å². The average molecular weight is 496 g/mol. The summed E-state index contributed by atoms with van der Waals surface area (Å²) in [5, 5.41) is 10.5. The van der Waals surface area contributed by atoms with E-state index in [1.54, 1.807) is 18.5 Å². The van der Waals surface area contributed by atoms with Gasteiger partial charge in [0.2, 0.25) is 5.95 Å². The molecule has 4 rings (SSSR count). The quantitative estimate of drug-likeness (QED) is 0.486. The summed E-state index contributed by atoms with van der Waals surface area (Å²) in [6.07, 6.45) is 1.73. The van der Waals surface area contributed by atoms with E-state index >= 15 is 0 Å². The minimum atomic E-state index is -5.08. The molecule has 3 heterocycles. The summed E-state index contributed by atoms with van der Waals surface area (Å²) in [5.74, 6) is 3.94. The number of hydrogen-bond acceptors (Lipinski definition) is 6. The predicted molar refractivity (Wildman–Crippen MR) is 123 cm³/mol. The van der Waals surface area contributed by atoms with Crippen molar-refractivity contribution in [1.29, 1.82) is 0 Å². The fourth-order valence-electron chi connectivity index (χ4n) is 4.06. The highest BCUT2D eigenvalue weighted by atomic mass is 19.4. The van der Waals surface area contributed by atoms with Crippen LogP contribution in [0.4, 0.5) is 19.1 Å². The number of carboxylic acid groups (broad SMARTS) is 1. The van der Waals surface area contributed by atoms with Crippen molar-refractivity contribution in [3.8, 4) is 11.8 Å². The number of nitrogens with zero attached hydrogens (tertiary/aromatic N) is 5. The van der Waals surface area contributed by atoms with Gasteiger partial charge in [-0.3, -0.25) is 18.5 Å². The molecule has 1 aliphatic heterocycles. The number of rotatable bonds is 3. The van der Waals surface area contributed by atoms with Gasteiger partial charge in [0.25, 0.3) is 5.56 Å². The Bertz CT molecular complexity index is 1290. The van der Waals surface area contributed by atoms with Crippen LogP contribution < -0.4 is 21.5 Å². The van der Waals surface area contributed by atoms with Gasteiger partial charge >= 0.3 is 17.8 Å². The number of anilines is 1. The van der Waals surface area contributed by atoms with E-state index in [1.165, 1.54) is 4.57 Å². The number of imidazole rings is 1. The molecule has 2 N–H and O–H groups in total. The van der Waals surface area contributed by atoms with Gasteiger partial charge in [-0.05, 0) is 26.2 Å². The van der Waals surface area contributed by atoms with Crippen molar-refractivity contribution < 1.29 is 23.1 Å². The number of aliphatic carboxylic acids is 1. The van der Waals surface area contributed by atoms with Crippen molar-refractivity contribution in [3.05, 3.63) is 33.0 Å². The lowest BCUT2D eigenvalue weighted by molar-refractivity contribution is -0.192.